The smallest absolute Gasteiger partial charge is 0.248 e. The number of nitrogens with zero attached hydrogens (tertiary/aromatic N) is 2. The lowest BCUT2D eigenvalue weighted by Gasteiger charge is -2.44. The second-order valence-electron chi connectivity index (χ2n) is 7.05. The van der Waals surface area contributed by atoms with Gasteiger partial charge in [0.15, 0.2) is 0 Å². The van der Waals surface area contributed by atoms with Gasteiger partial charge in [0, 0.05) is 36.3 Å². The van der Waals surface area contributed by atoms with Crippen molar-refractivity contribution in [1.82, 2.24) is 9.80 Å². The van der Waals surface area contributed by atoms with E-state index in [-0.39, 0.29) is 24.4 Å². The molecule has 0 bridgehead atoms. The number of halogens is 2. The summed E-state index contributed by atoms with van der Waals surface area (Å²) in [6, 6.07) is 4.80. The van der Waals surface area contributed by atoms with Crippen LogP contribution in [0.25, 0.3) is 0 Å². The first-order chi connectivity index (χ1) is 11.9. The fourth-order valence-electron chi connectivity index (χ4n) is 3.47. The molecule has 1 aromatic rings. The molecular formula is C18H24ClFN2O3. The van der Waals surface area contributed by atoms with E-state index in [9.17, 15) is 9.18 Å². The maximum Gasteiger partial charge on any atom is 0.248 e. The summed E-state index contributed by atoms with van der Waals surface area (Å²) in [5.41, 5.74) is -0.0978. The summed E-state index contributed by atoms with van der Waals surface area (Å²) in [7, 11) is 0. The van der Waals surface area contributed by atoms with Crippen molar-refractivity contribution in [2.75, 3.05) is 39.5 Å². The van der Waals surface area contributed by atoms with E-state index >= 15 is 0 Å². The predicted molar refractivity (Wildman–Crippen MR) is 93.0 cm³/mol. The second kappa shape index (κ2) is 7.58. The molecule has 1 spiro atoms. The van der Waals surface area contributed by atoms with Crippen LogP contribution < -0.4 is 0 Å². The lowest BCUT2D eigenvalue weighted by atomic mass is 10.0. The molecule has 0 N–H and O–H groups in total. The van der Waals surface area contributed by atoms with Crippen LogP contribution in [0.3, 0.4) is 0 Å². The Bertz CT molecular complexity index is 622. The van der Waals surface area contributed by atoms with Crippen LogP contribution >= 0.6 is 11.6 Å². The molecule has 5 nitrogen and oxygen atoms in total. The molecule has 138 valence electrons. The fraction of sp³-hybridized carbons (Fsp3) is 0.611. The van der Waals surface area contributed by atoms with Gasteiger partial charge in [-0.25, -0.2) is 4.39 Å². The van der Waals surface area contributed by atoms with Gasteiger partial charge in [-0.05, 0) is 26.0 Å². The number of carbonyl (C=O) groups excluding carboxylic acids is 1. The Balaban J connectivity index is 1.76. The van der Waals surface area contributed by atoms with Gasteiger partial charge in [0.25, 0.3) is 0 Å². The fourth-order valence-corrected chi connectivity index (χ4v) is 3.69. The Kier molecular flexibility index (Phi) is 5.63. The minimum atomic E-state index is -0.591. The van der Waals surface area contributed by atoms with Gasteiger partial charge in [-0.2, -0.15) is 0 Å². The third-order valence-electron chi connectivity index (χ3n) is 4.76. The Morgan fingerprint density at radius 2 is 2.16 bits per heavy atom. The average molecular weight is 371 g/mol. The quantitative estimate of drug-likeness (QED) is 0.819. The number of morpholine rings is 1. The number of hydrogen-bond acceptors (Lipinski definition) is 4. The summed E-state index contributed by atoms with van der Waals surface area (Å²) in [5.74, 6) is -0.325. The topological polar surface area (TPSA) is 42.0 Å². The molecule has 2 aliphatic heterocycles. The van der Waals surface area contributed by atoms with E-state index in [1.165, 1.54) is 6.07 Å². The first-order valence-corrected chi connectivity index (χ1v) is 8.94. The minimum Gasteiger partial charge on any atom is -0.369 e. The Morgan fingerprint density at radius 3 is 2.88 bits per heavy atom. The van der Waals surface area contributed by atoms with E-state index in [0.29, 0.717) is 50.0 Å². The summed E-state index contributed by atoms with van der Waals surface area (Å²) in [5, 5.41) is 0.427. The molecule has 0 aromatic heterocycles. The first-order valence-electron chi connectivity index (χ1n) is 8.57. The van der Waals surface area contributed by atoms with Crippen molar-refractivity contribution < 1.29 is 18.7 Å². The first kappa shape index (κ1) is 18.6. The summed E-state index contributed by atoms with van der Waals surface area (Å²) in [6.45, 7) is 7.03. The number of ether oxygens (including phenoxy) is 2. The molecule has 1 atom stereocenters. The van der Waals surface area contributed by atoms with E-state index in [1.807, 2.05) is 13.8 Å². The van der Waals surface area contributed by atoms with E-state index in [2.05, 4.69) is 4.90 Å². The molecule has 25 heavy (non-hydrogen) atoms. The molecule has 2 fully saturated rings. The van der Waals surface area contributed by atoms with Gasteiger partial charge in [0.05, 0.1) is 19.8 Å². The van der Waals surface area contributed by atoms with Crippen molar-refractivity contribution in [3.8, 4) is 0 Å². The van der Waals surface area contributed by atoms with Crippen LogP contribution in [0, 0.1) is 5.82 Å². The molecule has 1 amide bonds. The molecule has 0 aliphatic carbocycles. The van der Waals surface area contributed by atoms with Crippen molar-refractivity contribution in [3.63, 3.8) is 0 Å². The molecule has 2 saturated heterocycles. The Labute approximate surface area is 152 Å². The Morgan fingerprint density at radius 1 is 1.36 bits per heavy atom. The monoisotopic (exact) mass is 370 g/mol. The zero-order valence-corrected chi connectivity index (χ0v) is 15.4. The lowest BCUT2D eigenvalue weighted by molar-refractivity contribution is -0.147. The van der Waals surface area contributed by atoms with Crippen LogP contribution in [0.1, 0.15) is 19.4 Å². The number of hydrogen-bond donors (Lipinski definition) is 0. The molecule has 2 heterocycles. The summed E-state index contributed by atoms with van der Waals surface area (Å²) < 4.78 is 25.7. The normalized spacial score (nSPS) is 25.6. The van der Waals surface area contributed by atoms with Gasteiger partial charge < -0.3 is 14.4 Å². The van der Waals surface area contributed by atoms with Crippen LogP contribution in [0.4, 0.5) is 4.39 Å². The molecule has 0 radical (unpaired) electrons. The van der Waals surface area contributed by atoms with Crippen LogP contribution in [0.5, 0.6) is 0 Å². The van der Waals surface area contributed by atoms with Crippen LogP contribution in [-0.2, 0) is 20.8 Å². The number of carbonyl (C=O) groups is 1. The zero-order valence-electron chi connectivity index (χ0n) is 14.6. The summed E-state index contributed by atoms with van der Waals surface area (Å²) in [4.78, 5) is 16.1. The van der Waals surface area contributed by atoms with Crippen molar-refractivity contribution in [1.29, 1.82) is 0 Å². The van der Waals surface area contributed by atoms with E-state index < -0.39 is 5.60 Å². The van der Waals surface area contributed by atoms with Crippen LogP contribution in [0.15, 0.2) is 18.2 Å². The second-order valence-corrected chi connectivity index (χ2v) is 7.46. The number of amides is 1. The summed E-state index contributed by atoms with van der Waals surface area (Å²) in [6.07, 6.45) is 0. The van der Waals surface area contributed by atoms with E-state index in [4.69, 9.17) is 21.1 Å². The molecule has 1 unspecified atom stereocenters. The van der Waals surface area contributed by atoms with Crippen LogP contribution in [-0.4, -0.2) is 66.8 Å². The third kappa shape index (κ3) is 4.14. The van der Waals surface area contributed by atoms with Gasteiger partial charge in [-0.1, -0.05) is 17.7 Å². The minimum absolute atomic E-state index is 0.0234. The van der Waals surface area contributed by atoms with Gasteiger partial charge in [0.2, 0.25) is 5.91 Å². The van der Waals surface area contributed by atoms with Crippen molar-refractivity contribution >= 4 is 17.5 Å². The van der Waals surface area contributed by atoms with Crippen molar-refractivity contribution in [2.24, 2.45) is 0 Å². The highest BCUT2D eigenvalue weighted by Crippen LogP contribution is 2.27. The average Bonchev–Trinajstić information content (AvgIpc) is 2.71. The van der Waals surface area contributed by atoms with Gasteiger partial charge in [-0.3, -0.25) is 9.69 Å². The summed E-state index contributed by atoms with van der Waals surface area (Å²) >= 11 is 6.16. The molecule has 3 rings (SSSR count). The highest BCUT2D eigenvalue weighted by molar-refractivity contribution is 6.31. The van der Waals surface area contributed by atoms with E-state index in [0.717, 1.165) is 0 Å². The third-order valence-corrected chi connectivity index (χ3v) is 5.12. The van der Waals surface area contributed by atoms with Crippen LogP contribution in [0.2, 0.25) is 5.02 Å². The highest BCUT2D eigenvalue weighted by Gasteiger charge is 2.42. The van der Waals surface area contributed by atoms with Gasteiger partial charge in [0.1, 0.15) is 18.0 Å². The predicted octanol–water partition coefficient (Wildman–Crippen LogP) is 2.32. The van der Waals surface area contributed by atoms with Crippen molar-refractivity contribution in [2.45, 2.75) is 32.0 Å². The van der Waals surface area contributed by atoms with Gasteiger partial charge in [-0.15, -0.1) is 0 Å². The maximum atomic E-state index is 14.1. The molecule has 1 aromatic carbocycles. The number of benzene rings is 1. The Hall–Kier alpha value is -1.21. The molecule has 7 heteroatoms. The SMILES string of the molecule is CC(C)N1CC2(COCC1=O)CN(Cc1c(F)cccc1Cl)CCO2. The maximum absolute atomic E-state index is 14.1. The van der Waals surface area contributed by atoms with Gasteiger partial charge >= 0.3 is 0 Å². The highest BCUT2D eigenvalue weighted by atomic mass is 35.5. The standard InChI is InChI=1S/C18H24ClFN2O3/c1-13(2)22-11-18(12-24-9-17(22)23)10-21(6-7-25-18)8-14-15(19)4-3-5-16(14)20/h3-5,13H,6-12H2,1-2H3. The molecule has 0 saturated carbocycles. The molecule has 2 aliphatic rings. The largest absolute Gasteiger partial charge is 0.369 e. The van der Waals surface area contributed by atoms with Crippen molar-refractivity contribution in [3.05, 3.63) is 34.6 Å². The van der Waals surface area contributed by atoms with E-state index in [1.54, 1.807) is 17.0 Å². The number of rotatable bonds is 3. The zero-order chi connectivity index (χ0) is 18.0. The molecular weight excluding hydrogens is 347 g/mol. The lowest BCUT2D eigenvalue weighted by Crippen LogP contribution is -2.59.